The highest BCUT2D eigenvalue weighted by molar-refractivity contribution is 7.99. The zero-order chi connectivity index (χ0) is 17.5. The molecule has 0 radical (unpaired) electrons. The average molecular weight is 377 g/mol. The van der Waals surface area contributed by atoms with Crippen LogP contribution >= 0.6 is 23.4 Å². The van der Waals surface area contributed by atoms with Crippen molar-refractivity contribution in [2.75, 3.05) is 19.5 Å². The second kappa shape index (κ2) is 8.73. The van der Waals surface area contributed by atoms with Gasteiger partial charge >= 0.3 is 0 Å². The summed E-state index contributed by atoms with van der Waals surface area (Å²) in [5, 5.41) is 13.3. The topological polar surface area (TPSA) is 62.1 Å². The standard InChI is InChI=1S/C17H17ClN4O2S/c1-23-15-9-5-14(6-10-15)22-17(19-20-21-22)25-12-2-11-24-16-7-3-13(18)4-8-16/h3-10H,2,11-12H2,1H3. The average Bonchev–Trinajstić information content (AvgIpc) is 3.11. The molecule has 1 aromatic heterocycles. The summed E-state index contributed by atoms with van der Waals surface area (Å²) in [4.78, 5) is 0. The third kappa shape index (κ3) is 4.87. The van der Waals surface area contributed by atoms with Gasteiger partial charge in [-0.25, -0.2) is 0 Å². The summed E-state index contributed by atoms with van der Waals surface area (Å²) in [6, 6.07) is 14.9. The summed E-state index contributed by atoms with van der Waals surface area (Å²) in [5.41, 5.74) is 0.894. The Kier molecular flexibility index (Phi) is 6.14. The van der Waals surface area contributed by atoms with E-state index in [1.165, 1.54) is 0 Å². The molecule has 0 aliphatic heterocycles. The quantitative estimate of drug-likeness (QED) is 0.439. The maximum atomic E-state index is 5.85. The molecule has 0 amide bonds. The highest BCUT2D eigenvalue weighted by Gasteiger charge is 2.09. The van der Waals surface area contributed by atoms with Crippen LogP contribution in [0.25, 0.3) is 5.69 Å². The fraction of sp³-hybridized carbons (Fsp3) is 0.235. The van der Waals surface area contributed by atoms with Crippen LogP contribution in [0, 0.1) is 0 Å². The Labute approximate surface area is 155 Å². The number of hydrogen-bond acceptors (Lipinski definition) is 6. The van der Waals surface area contributed by atoms with Gasteiger partial charge in [0.15, 0.2) is 0 Å². The molecule has 0 aliphatic carbocycles. The van der Waals surface area contributed by atoms with Crippen LogP contribution in [0.4, 0.5) is 0 Å². The van der Waals surface area contributed by atoms with E-state index in [1.54, 1.807) is 23.6 Å². The summed E-state index contributed by atoms with van der Waals surface area (Å²) in [5.74, 6) is 2.47. The number of nitrogens with zero attached hydrogens (tertiary/aromatic N) is 4. The van der Waals surface area contributed by atoms with Crippen molar-refractivity contribution in [2.24, 2.45) is 0 Å². The van der Waals surface area contributed by atoms with Crippen LogP contribution in [0.5, 0.6) is 11.5 Å². The molecule has 0 bridgehead atoms. The van der Waals surface area contributed by atoms with Crippen LogP contribution in [-0.2, 0) is 0 Å². The molecule has 0 saturated carbocycles. The lowest BCUT2D eigenvalue weighted by Crippen LogP contribution is -2.01. The molecule has 1 heterocycles. The van der Waals surface area contributed by atoms with Crippen molar-refractivity contribution < 1.29 is 9.47 Å². The molecule has 8 heteroatoms. The Morgan fingerprint density at radius 1 is 1.04 bits per heavy atom. The van der Waals surface area contributed by atoms with E-state index in [2.05, 4.69) is 15.5 Å². The third-order valence-corrected chi connectivity index (χ3v) is 4.62. The Balaban J connectivity index is 1.49. The number of aromatic nitrogens is 4. The Morgan fingerprint density at radius 2 is 1.76 bits per heavy atom. The third-order valence-electron chi connectivity index (χ3n) is 3.36. The first-order valence-electron chi connectivity index (χ1n) is 7.70. The van der Waals surface area contributed by atoms with E-state index in [0.29, 0.717) is 11.6 Å². The van der Waals surface area contributed by atoms with E-state index in [0.717, 1.165) is 34.5 Å². The first-order chi connectivity index (χ1) is 12.3. The van der Waals surface area contributed by atoms with E-state index in [-0.39, 0.29) is 0 Å². The molecule has 0 fully saturated rings. The predicted octanol–water partition coefficient (Wildman–Crippen LogP) is 3.89. The molecular weight excluding hydrogens is 360 g/mol. The zero-order valence-corrected chi connectivity index (χ0v) is 15.2. The number of benzene rings is 2. The zero-order valence-electron chi connectivity index (χ0n) is 13.6. The summed E-state index contributed by atoms with van der Waals surface area (Å²) < 4.78 is 12.6. The minimum atomic E-state index is 0.624. The van der Waals surface area contributed by atoms with Crippen molar-refractivity contribution in [3.05, 3.63) is 53.6 Å². The van der Waals surface area contributed by atoms with Gasteiger partial charge in [-0.2, -0.15) is 4.68 Å². The smallest absolute Gasteiger partial charge is 0.214 e. The number of rotatable bonds is 8. The van der Waals surface area contributed by atoms with Gasteiger partial charge in [0, 0.05) is 10.8 Å². The molecule has 2 aromatic carbocycles. The van der Waals surface area contributed by atoms with Crippen molar-refractivity contribution in [1.82, 2.24) is 20.2 Å². The van der Waals surface area contributed by atoms with Gasteiger partial charge in [0.2, 0.25) is 5.16 Å². The molecule has 0 atom stereocenters. The number of thioether (sulfide) groups is 1. The van der Waals surface area contributed by atoms with Crippen molar-refractivity contribution in [3.63, 3.8) is 0 Å². The summed E-state index contributed by atoms with van der Waals surface area (Å²) in [6.07, 6.45) is 0.878. The molecule has 0 saturated heterocycles. The Bertz CT molecular complexity index is 793. The maximum absolute atomic E-state index is 5.85. The summed E-state index contributed by atoms with van der Waals surface area (Å²) in [6.45, 7) is 0.624. The first kappa shape index (κ1) is 17.6. The van der Waals surface area contributed by atoms with Crippen LogP contribution < -0.4 is 9.47 Å². The van der Waals surface area contributed by atoms with Crippen LogP contribution in [-0.4, -0.2) is 39.7 Å². The normalized spacial score (nSPS) is 10.6. The van der Waals surface area contributed by atoms with Gasteiger partial charge in [0.1, 0.15) is 11.5 Å². The molecule has 3 aromatic rings. The number of hydrogen-bond donors (Lipinski definition) is 0. The molecule has 130 valence electrons. The lowest BCUT2D eigenvalue weighted by Gasteiger charge is -2.07. The van der Waals surface area contributed by atoms with E-state index >= 15 is 0 Å². The highest BCUT2D eigenvalue weighted by atomic mass is 35.5. The highest BCUT2D eigenvalue weighted by Crippen LogP contribution is 2.21. The molecule has 3 rings (SSSR count). The van der Waals surface area contributed by atoms with Gasteiger partial charge in [-0.05, 0) is 65.4 Å². The molecular formula is C17H17ClN4O2S. The van der Waals surface area contributed by atoms with Gasteiger partial charge < -0.3 is 9.47 Å². The van der Waals surface area contributed by atoms with Gasteiger partial charge in [-0.1, -0.05) is 23.4 Å². The minimum Gasteiger partial charge on any atom is -0.497 e. The lowest BCUT2D eigenvalue weighted by atomic mass is 10.3. The van der Waals surface area contributed by atoms with Crippen molar-refractivity contribution >= 4 is 23.4 Å². The van der Waals surface area contributed by atoms with Crippen molar-refractivity contribution in [3.8, 4) is 17.2 Å². The molecule has 25 heavy (non-hydrogen) atoms. The largest absolute Gasteiger partial charge is 0.497 e. The van der Waals surface area contributed by atoms with Gasteiger partial charge in [0.05, 0.1) is 19.4 Å². The monoisotopic (exact) mass is 376 g/mol. The van der Waals surface area contributed by atoms with Crippen LogP contribution in [0.3, 0.4) is 0 Å². The Morgan fingerprint density at radius 3 is 2.48 bits per heavy atom. The molecule has 0 N–H and O–H groups in total. The van der Waals surface area contributed by atoms with Gasteiger partial charge in [0.25, 0.3) is 0 Å². The Hall–Kier alpha value is -2.25. The number of tetrazole rings is 1. The second-order valence-corrected chi connectivity index (χ2v) is 6.57. The van der Waals surface area contributed by atoms with Crippen molar-refractivity contribution in [1.29, 1.82) is 0 Å². The lowest BCUT2D eigenvalue weighted by molar-refractivity contribution is 0.318. The van der Waals surface area contributed by atoms with E-state index in [9.17, 15) is 0 Å². The molecule has 0 spiro atoms. The van der Waals surface area contributed by atoms with Gasteiger partial charge in [-0.3, -0.25) is 0 Å². The van der Waals surface area contributed by atoms with Crippen LogP contribution in [0.1, 0.15) is 6.42 Å². The number of methoxy groups -OCH3 is 1. The first-order valence-corrected chi connectivity index (χ1v) is 9.06. The van der Waals surface area contributed by atoms with Gasteiger partial charge in [-0.15, -0.1) is 5.10 Å². The fourth-order valence-electron chi connectivity index (χ4n) is 2.10. The molecule has 6 nitrogen and oxygen atoms in total. The van der Waals surface area contributed by atoms with E-state index < -0.39 is 0 Å². The minimum absolute atomic E-state index is 0.624. The van der Waals surface area contributed by atoms with Crippen LogP contribution in [0.2, 0.25) is 5.02 Å². The van der Waals surface area contributed by atoms with E-state index in [1.807, 2.05) is 48.5 Å². The molecule has 0 unspecified atom stereocenters. The fourth-order valence-corrected chi connectivity index (χ4v) is 3.03. The van der Waals surface area contributed by atoms with Crippen LogP contribution in [0.15, 0.2) is 53.7 Å². The summed E-state index contributed by atoms with van der Waals surface area (Å²) >= 11 is 7.44. The molecule has 0 aliphatic rings. The summed E-state index contributed by atoms with van der Waals surface area (Å²) in [7, 11) is 1.64. The predicted molar refractivity (Wildman–Crippen MR) is 98.0 cm³/mol. The number of ether oxygens (including phenoxy) is 2. The number of halogens is 1. The SMILES string of the molecule is COc1ccc(-n2nnnc2SCCCOc2ccc(Cl)cc2)cc1. The van der Waals surface area contributed by atoms with Crippen molar-refractivity contribution in [2.45, 2.75) is 11.6 Å². The second-order valence-electron chi connectivity index (χ2n) is 5.08. The maximum Gasteiger partial charge on any atom is 0.214 e. The van der Waals surface area contributed by atoms with E-state index in [4.69, 9.17) is 21.1 Å².